The zero-order valence-electron chi connectivity index (χ0n) is 10.9. The maximum absolute atomic E-state index is 4.39. The summed E-state index contributed by atoms with van der Waals surface area (Å²) in [6.45, 7) is 0. The number of rotatable bonds is 2. The van der Waals surface area contributed by atoms with Gasteiger partial charge in [-0.05, 0) is 43.1 Å². The first-order valence-electron chi connectivity index (χ1n) is 6.48. The van der Waals surface area contributed by atoms with Gasteiger partial charge in [-0.1, -0.05) is 42.0 Å². The highest BCUT2D eigenvalue weighted by Crippen LogP contribution is 2.44. The minimum atomic E-state index is 0.869. The third kappa shape index (κ3) is 3.30. The molecule has 0 saturated heterocycles. The van der Waals surface area contributed by atoms with E-state index in [0.717, 1.165) is 22.3 Å². The number of hydrogen-bond donors (Lipinski definition) is 0. The van der Waals surface area contributed by atoms with Crippen LogP contribution in [0.4, 0.5) is 0 Å². The summed E-state index contributed by atoms with van der Waals surface area (Å²) < 4.78 is 4.39. The number of hydrogen-bond acceptors (Lipinski definition) is 1. The minimum absolute atomic E-state index is 0.869. The molecular weight excluding hydrogens is 224 g/mol. The standard InChI is InChI=1S/C14H16.CH6OSi/c1-2-4-11(5-3-1)8-14-10-12-6-7-13(14)9-12;1-2-3/h1-5,10,12-13H,6-9H2;1,3H3. The predicted molar refractivity (Wildman–Crippen MR) is 76.0 cm³/mol. The lowest BCUT2D eigenvalue weighted by Gasteiger charge is -2.12. The van der Waals surface area contributed by atoms with Crippen LogP contribution >= 0.6 is 0 Å². The minimum Gasteiger partial charge on any atom is -0.431 e. The molecule has 1 fully saturated rings. The molecule has 1 nitrogen and oxygen atoms in total. The highest BCUT2D eigenvalue weighted by Gasteiger charge is 2.32. The van der Waals surface area contributed by atoms with Crippen molar-refractivity contribution in [3.8, 4) is 0 Å². The zero-order valence-corrected chi connectivity index (χ0v) is 12.9. The van der Waals surface area contributed by atoms with Crippen molar-refractivity contribution in [2.75, 3.05) is 7.11 Å². The molecule has 3 rings (SSSR count). The number of allylic oxidation sites excluding steroid dienone is 2. The Morgan fingerprint density at radius 1 is 1.24 bits per heavy atom. The van der Waals surface area contributed by atoms with E-state index in [0.29, 0.717) is 0 Å². The average molecular weight is 246 g/mol. The Morgan fingerprint density at radius 2 is 1.94 bits per heavy atom. The van der Waals surface area contributed by atoms with Crippen molar-refractivity contribution in [3.05, 3.63) is 47.5 Å². The first-order chi connectivity index (χ1) is 8.33. The summed E-state index contributed by atoms with van der Waals surface area (Å²) in [6, 6.07) is 10.9. The van der Waals surface area contributed by atoms with Crippen LogP contribution in [0, 0.1) is 11.8 Å². The molecule has 0 amide bonds. The second-order valence-electron chi connectivity index (χ2n) is 5.08. The first-order valence-corrected chi connectivity index (χ1v) is 7.29. The van der Waals surface area contributed by atoms with Crippen LogP contribution in [0.3, 0.4) is 0 Å². The van der Waals surface area contributed by atoms with E-state index in [2.05, 4.69) is 40.8 Å². The highest BCUT2D eigenvalue weighted by atomic mass is 28.2. The molecule has 1 aromatic rings. The maximum Gasteiger partial charge on any atom is 0.145 e. The molecule has 2 aliphatic rings. The molecule has 2 aliphatic carbocycles. The van der Waals surface area contributed by atoms with Gasteiger partial charge in [-0.25, -0.2) is 0 Å². The van der Waals surface area contributed by atoms with Gasteiger partial charge in [0.05, 0.1) is 0 Å². The van der Waals surface area contributed by atoms with E-state index in [9.17, 15) is 0 Å². The van der Waals surface area contributed by atoms with Crippen molar-refractivity contribution in [2.45, 2.75) is 25.7 Å². The molecule has 17 heavy (non-hydrogen) atoms. The molecule has 0 spiro atoms. The lowest BCUT2D eigenvalue weighted by Crippen LogP contribution is -2.00. The van der Waals surface area contributed by atoms with Crippen LogP contribution in [0.15, 0.2) is 42.0 Å². The molecule has 2 atom stereocenters. The second kappa shape index (κ2) is 6.17. The van der Waals surface area contributed by atoms with Crippen molar-refractivity contribution in [1.29, 1.82) is 0 Å². The van der Waals surface area contributed by atoms with Crippen molar-refractivity contribution < 1.29 is 4.43 Å². The first kappa shape index (κ1) is 12.6. The third-order valence-electron chi connectivity index (χ3n) is 3.70. The van der Waals surface area contributed by atoms with Crippen molar-refractivity contribution in [3.63, 3.8) is 0 Å². The molecule has 1 aromatic carbocycles. The number of fused-ring (bicyclic) bond motifs is 2. The van der Waals surface area contributed by atoms with Gasteiger partial charge in [0, 0.05) is 7.11 Å². The van der Waals surface area contributed by atoms with Gasteiger partial charge in [-0.15, -0.1) is 0 Å². The van der Waals surface area contributed by atoms with Crippen molar-refractivity contribution in [2.24, 2.45) is 11.8 Å². The van der Waals surface area contributed by atoms with E-state index in [-0.39, 0.29) is 0 Å². The normalized spacial score (nSPS) is 25.4. The van der Waals surface area contributed by atoms with Gasteiger partial charge < -0.3 is 4.43 Å². The van der Waals surface area contributed by atoms with Gasteiger partial charge in [-0.3, -0.25) is 0 Å². The molecule has 92 valence electrons. The lowest BCUT2D eigenvalue weighted by atomic mass is 9.93. The van der Waals surface area contributed by atoms with E-state index < -0.39 is 0 Å². The fraction of sp³-hybridized carbons (Fsp3) is 0.467. The Balaban J connectivity index is 0.000000329. The smallest absolute Gasteiger partial charge is 0.145 e. The summed E-state index contributed by atoms with van der Waals surface area (Å²) in [5.74, 6) is 1.86. The quantitative estimate of drug-likeness (QED) is 0.575. The molecule has 0 N–H and O–H groups in total. The summed E-state index contributed by atoms with van der Waals surface area (Å²) >= 11 is 0. The summed E-state index contributed by atoms with van der Waals surface area (Å²) in [6.07, 6.45) is 8.08. The van der Waals surface area contributed by atoms with Crippen molar-refractivity contribution >= 4 is 10.5 Å². The summed E-state index contributed by atoms with van der Waals surface area (Å²) in [4.78, 5) is 0. The Hall–Kier alpha value is -0.863. The van der Waals surface area contributed by atoms with Crippen LogP contribution in [0.5, 0.6) is 0 Å². The van der Waals surface area contributed by atoms with E-state index in [1.807, 2.05) is 0 Å². The van der Waals surface area contributed by atoms with Gasteiger partial charge in [0.25, 0.3) is 0 Å². The fourth-order valence-corrected chi connectivity index (χ4v) is 2.98. The molecule has 0 aromatic heterocycles. The SMILES string of the molecule is C1=C(Cc2ccccc2)C2CCC1C2.CO[SiH3]. The molecule has 0 radical (unpaired) electrons. The van der Waals surface area contributed by atoms with Gasteiger partial charge in [-0.2, -0.15) is 0 Å². The molecule has 2 heteroatoms. The van der Waals surface area contributed by atoms with Gasteiger partial charge >= 0.3 is 0 Å². The van der Waals surface area contributed by atoms with Crippen LogP contribution in [0.25, 0.3) is 0 Å². The topological polar surface area (TPSA) is 9.23 Å². The van der Waals surface area contributed by atoms with Crippen LogP contribution in [0.1, 0.15) is 24.8 Å². The summed E-state index contributed by atoms with van der Waals surface area (Å²) in [5, 5.41) is 0. The molecule has 1 saturated carbocycles. The second-order valence-corrected chi connectivity index (χ2v) is 5.90. The van der Waals surface area contributed by atoms with Crippen LogP contribution in [-0.2, 0) is 10.8 Å². The van der Waals surface area contributed by atoms with Crippen LogP contribution in [-0.4, -0.2) is 17.6 Å². The number of benzene rings is 1. The fourth-order valence-electron chi connectivity index (χ4n) is 2.98. The lowest BCUT2D eigenvalue weighted by molar-refractivity contribution is 0.460. The summed E-state index contributed by atoms with van der Waals surface area (Å²) in [7, 11) is 2.56. The highest BCUT2D eigenvalue weighted by molar-refractivity contribution is 5.97. The summed E-state index contributed by atoms with van der Waals surface area (Å²) in [5.41, 5.74) is 3.19. The Bertz CT molecular complexity index is 372. The largest absolute Gasteiger partial charge is 0.431 e. The predicted octanol–water partition coefficient (Wildman–Crippen LogP) is 2.50. The van der Waals surface area contributed by atoms with E-state index in [4.69, 9.17) is 0 Å². The van der Waals surface area contributed by atoms with E-state index >= 15 is 0 Å². The Labute approximate surface area is 107 Å². The molecule has 0 heterocycles. The van der Waals surface area contributed by atoms with Crippen molar-refractivity contribution in [1.82, 2.24) is 0 Å². The van der Waals surface area contributed by atoms with Gasteiger partial charge in [0.2, 0.25) is 0 Å². The van der Waals surface area contributed by atoms with E-state index in [1.54, 1.807) is 12.7 Å². The Morgan fingerprint density at radius 3 is 2.47 bits per heavy atom. The molecule has 2 unspecified atom stereocenters. The van der Waals surface area contributed by atoms with Crippen LogP contribution < -0.4 is 0 Å². The van der Waals surface area contributed by atoms with Gasteiger partial charge in [0.1, 0.15) is 10.5 Å². The monoisotopic (exact) mass is 246 g/mol. The van der Waals surface area contributed by atoms with Gasteiger partial charge in [0.15, 0.2) is 0 Å². The third-order valence-corrected chi connectivity index (χ3v) is 3.70. The molecular formula is C15H22OSi. The average Bonchev–Trinajstić information content (AvgIpc) is 2.93. The Kier molecular flexibility index (Phi) is 4.57. The molecule has 0 aliphatic heterocycles. The van der Waals surface area contributed by atoms with E-state index in [1.165, 1.54) is 31.2 Å². The molecule has 2 bridgehead atoms. The maximum atomic E-state index is 4.39. The van der Waals surface area contributed by atoms with Crippen LogP contribution in [0.2, 0.25) is 0 Å². The zero-order chi connectivity index (χ0) is 12.1.